The fourth-order valence-electron chi connectivity index (χ4n) is 4.72. The van der Waals surface area contributed by atoms with Crippen molar-refractivity contribution in [1.29, 1.82) is 5.26 Å². The van der Waals surface area contributed by atoms with Gasteiger partial charge in [-0.15, -0.1) is 0 Å². The highest BCUT2D eigenvalue weighted by atomic mass is 19.1. The quantitative estimate of drug-likeness (QED) is 0.255. The van der Waals surface area contributed by atoms with Gasteiger partial charge in [0.25, 0.3) is 0 Å². The molecular formula is C31H23F2N5O4. The van der Waals surface area contributed by atoms with E-state index in [9.17, 15) is 14.3 Å². The Bertz CT molecular complexity index is 1860. The minimum absolute atomic E-state index is 0.0121. The molecule has 0 aliphatic carbocycles. The number of nitrogens with zero attached hydrogens (tertiary/aromatic N) is 5. The molecule has 1 saturated heterocycles. The third-order valence-corrected chi connectivity index (χ3v) is 7.10. The van der Waals surface area contributed by atoms with Crippen LogP contribution in [-0.4, -0.2) is 43.3 Å². The molecule has 0 radical (unpaired) electrons. The SMILES string of the molecule is N#Cc1ccc(COc2ccnc(-c3ccc(Cc4nc5ccc(C(=O)O)cc5n4C[C@@H]4CCO4)c(F)c3)n2)c(F)c1. The van der Waals surface area contributed by atoms with Crippen molar-refractivity contribution >= 4 is 17.0 Å². The van der Waals surface area contributed by atoms with Crippen molar-refractivity contribution in [2.24, 2.45) is 0 Å². The van der Waals surface area contributed by atoms with E-state index in [0.29, 0.717) is 41.1 Å². The lowest BCUT2D eigenvalue weighted by molar-refractivity contribution is -0.0589. The molecule has 3 aromatic carbocycles. The highest BCUT2D eigenvalue weighted by Crippen LogP contribution is 2.26. The van der Waals surface area contributed by atoms with Crippen LogP contribution in [0.4, 0.5) is 8.78 Å². The van der Waals surface area contributed by atoms with E-state index < -0.39 is 17.6 Å². The van der Waals surface area contributed by atoms with Gasteiger partial charge in [0.2, 0.25) is 5.88 Å². The van der Waals surface area contributed by atoms with Gasteiger partial charge in [0, 0.05) is 36.4 Å². The average Bonchev–Trinajstić information content (AvgIpc) is 3.31. The summed E-state index contributed by atoms with van der Waals surface area (Å²) in [6, 6.07) is 16.9. The van der Waals surface area contributed by atoms with Crippen LogP contribution in [0.15, 0.2) is 66.9 Å². The van der Waals surface area contributed by atoms with Gasteiger partial charge in [0.15, 0.2) is 5.82 Å². The fraction of sp³-hybridized carbons (Fsp3) is 0.194. The summed E-state index contributed by atoms with van der Waals surface area (Å²) in [5.74, 6) is -1.07. The Hall–Kier alpha value is -5.21. The predicted molar refractivity (Wildman–Crippen MR) is 147 cm³/mol. The van der Waals surface area contributed by atoms with Gasteiger partial charge in [-0.25, -0.2) is 23.5 Å². The summed E-state index contributed by atoms with van der Waals surface area (Å²) in [5.41, 5.74) is 2.72. The summed E-state index contributed by atoms with van der Waals surface area (Å²) in [6.07, 6.45) is 2.51. The number of nitriles is 1. The second-order valence-electron chi connectivity index (χ2n) is 9.84. The first-order chi connectivity index (χ1) is 20.4. The first-order valence-electron chi connectivity index (χ1n) is 13.1. The van der Waals surface area contributed by atoms with Crippen molar-refractivity contribution < 1.29 is 28.2 Å². The van der Waals surface area contributed by atoms with Crippen LogP contribution in [0.5, 0.6) is 5.88 Å². The molecule has 0 unspecified atom stereocenters. The minimum Gasteiger partial charge on any atom is -0.478 e. The van der Waals surface area contributed by atoms with Gasteiger partial charge < -0.3 is 19.1 Å². The Labute approximate surface area is 238 Å². The maximum atomic E-state index is 15.4. The van der Waals surface area contributed by atoms with Crippen molar-refractivity contribution in [2.45, 2.75) is 32.1 Å². The highest BCUT2D eigenvalue weighted by Gasteiger charge is 2.23. The number of rotatable bonds is 9. The van der Waals surface area contributed by atoms with Crippen molar-refractivity contribution in [2.75, 3.05) is 6.61 Å². The van der Waals surface area contributed by atoms with Gasteiger partial charge >= 0.3 is 5.97 Å². The van der Waals surface area contributed by atoms with E-state index in [1.807, 2.05) is 10.6 Å². The third kappa shape index (κ3) is 5.53. The summed E-state index contributed by atoms with van der Waals surface area (Å²) in [4.78, 5) is 24.8. The molecule has 0 amide bonds. The number of ether oxygens (including phenoxy) is 2. The Balaban J connectivity index is 1.23. The number of hydrogen-bond acceptors (Lipinski definition) is 7. The molecule has 5 aromatic rings. The molecular weight excluding hydrogens is 544 g/mol. The van der Waals surface area contributed by atoms with Crippen LogP contribution in [0.3, 0.4) is 0 Å². The van der Waals surface area contributed by atoms with Gasteiger partial charge in [-0.3, -0.25) is 0 Å². The van der Waals surface area contributed by atoms with E-state index in [2.05, 4.69) is 15.0 Å². The number of benzene rings is 3. The molecule has 1 fully saturated rings. The van der Waals surface area contributed by atoms with Crippen LogP contribution in [0.2, 0.25) is 0 Å². The van der Waals surface area contributed by atoms with Gasteiger partial charge in [0.1, 0.15) is 24.1 Å². The standard InChI is InChI=1S/C31H23F2N5O4/c32-24-11-18(15-34)1-2-22(24)17-42-29-7-9-35-30(37-29)20-4-3-19(25(33)12-20)14-28-36-26-6-5-21(31(39)40)13-27(26)38(28)16-23-8-10-41-23/h1-7,9,11-13,23H,8,10,14,16-17H2,(H,39,40)/t23-/m0/s1. The van der Waals surface area contributed by atoms with E-state index in [1.54, 1.807) is 24.3 Å². The molecule has 1 aliphatic rings. The number of fused-ring (bicyclic) bond motifs is 1. The maximum Gasteiger partial charge on any atom is 0.335 e. The molecule has 1 atom stereocenters. The molecule has 3 heterocycles. The summed E-state index contributed by atoms with van der Waals surface area (Å²) >= 11 is 0. The van der Waals surface area contributed by atoms with E-state index in [4.69, 9.17) is 14.7 Å². The van der Waals surface area contributed by atoms with Crippen LogP contribution < -0.4 is 4.74 Å². The summed E-state index contributed by atoms with van der Waals surface area (Å²) in [5, 5.41) is 18.4. The molecule has 9 nitrogen and oxygen atoms in total. The molecule has 1 N–H and O–H groups in total. The molecule has 0 bridgehead atoms. The molecule has 2 aromatic heterocycles. The molecule has 6 rings (SSSR count). The zero-order chi connectivity index (χ0) is 29.2. The van der Waals surface area contributed by atoms with E-state index in [1.165, 1.54) is 36.5 Å². The smallest absolute Gasteiger partial charge is 0.335 e. The maximum absolute atomic E-state index is 15.4. The average molecular weight is 568 g/mol. The number of carboxylic acids is 1. The molecule has 11 heteroatoms. The molecule has 0 saturated carbocycles. The van der Waals surface area contributed by atoms with Crippen LogP contribution >= 0.6 is 0 Å². The van der Waals surface area contributed by atoms with Crippen LogP contribution in [-0.2, 0) is 24.3 Å². The summed E-state index contributed by atoms with van der Waals surface area (Å²) in [7, 11) is 0. The lowest BCUT2D eigenvalue weighted by Gasteiger charge is -2.27. The second-order valence-corrected chi connectivity index (χ2v) is 9.84. The third-order valence-electron chi connectivity index (χ3n) is 7.10. The molecule has 0 spiro atoms. The zero-order valence-corrected chi connectivity index (χ0v) is 22.1. The Kier molecular flexibility index (Phi) is 7.29. The van der Waals surface area contributed by atoms with Gasteiger partial charge in [-0.1, -0.05) is 18.2 Å². The lowest BCUT2D eigenvalue weighted by Crippen LogP contribution is -2.31. The Morgan fingerprint density at radius 2 is 1.88 bits per heavy atom. The zero-order valence-electron chi connectivity index (χ0n) is 22.1. The normalized spacial score (nSPS) is 14.4. The van der Waals surface area contributed by atoms with Gasteiger partial charge in [0.05, 0.1) is 40.9 Å². The van der Waals surface area contributed by atoms with Crippen LogP contribution in [0, 0.1) is 23.0 Å². The largest absolute Gasteiger partial charge is 0.478 e. The van der Waals surface area contributed by atoms with E-state index in [0.717, 1.165) is 12.5 Å². The van der Waals surface area contributed by atoms with Crippen molar-refractivity contribution in [1.82, 2.24) is 19.5 Å². The molecule has 1 aliphatic heterocycles. The van der Waals surface area contributed by atoms with E-state index >= 15 is 4.39 Å². The number of halogens is 2. The number of carbonyl (C=O) groups is 1. The minimum atomic E-state index is -1.04. The van der Waals surface area contributed by atoms with Crippen LogP contribution in [0.25, 0.3) is 22.4 Å². The first-order valence-corrected chi connectivity index (χ1v) is 13.1. The number of aromatic carboxylic acids is 1. The van der Waals surface area contributed by atoms with Crippen molar-refractivity contribution in [3.05, 3.63) is 107 Å². The monoisotopic (exact) mass is 567 g/mol. The van der Waals surface area contributed by atoms with Gasteiger partial charge in [-0.2, -0.15) is 10.2 Å². The highest BCUT2D eigenvalue weighted by molar-refractivity contribution is 5.92. The van der Waals surface area contributed by atoms with E-state index in [-0.39, 0.29) is 47.5 Å². The number of aromatic nitrogens is 4. The van der Waals surface area contributed by atoms with Gasteiger partial charge in [-0.05, 0) is 48.4 Å². The van der Waals surface area contributed by atoms with Crippen LogP contribution in [0.1, 0.15) is 39.3 Å². The summed E-state index contributed by atoms with van der Waals surface area (Å²) < 4.78 is 42.7. The number of hydrogen-bond donors (Lipinski definition) is 1. The van der Waals surface area contributed by atoms with Crippen molar-refractivity contribution in [3.63, 3.8) is 0 Å². The second kappa shape index (κ2) is 11.3. The predicted octanol–water partition coefficient (Wildman–Crippen LogP) is 5.30. The molecule has 210 valence electrons. The Morgan fingerprint density at radius 3 is 2.60 bits per heavy atom. The first kappa shape index (κ1) is 27.0. The fourth-order valence-corrected chi connectivity index (χ4v) is 4.72. The van der Waals surface area contributed by atoms with Crippen molar-refractivity contribution in [3.8, 4) is 23.3 Å². The Morgan fingerprint density at radius 1 is 1.07 bits per heavy atom. The molecule has 42 heavy (non-hydrogen) atoms. The topological polar surface area (TPSA) is 123 Å². The summed E-state index contributed by atoms with van der Waals surface area (Å²) in [6.45, 7) is 1.05. The lowest BCUT2D eigenvalue weighted by atomic mass is 10.1. The number of imidazole rings is 1. The number of carboxylic acid groups (broad SMARTS) is 1.